The highest BCUT2D eigenvalue weighted by Crippen LogP contribution is 2.06. The van der Waals surface area contributed by atoms with Crippen molar-refractivity contribution in [3.8, 4) is 0 Å². The van der Waals surface area contributed by atoms with Crippen LogP contribution in [0, 0.1) is 5.41 Å². The Balaban J connectivity index is 2.66. The van der Waals surface area contributed by atoms with Gasteiger partial charge in [-0.1, -0.05) is 39.6 Å². The van der Waals surface area contributed by atoms with Crippen LogP contribution in [0.1, 0.15) is 5.56 Å². The maximum Gasteiger partial charge on any atom is 0.172 e. The number of hydrogen-bond acceptors (Lipinski definition) is 4. The molecule has 0 amide bonds. The molecule has 0 saturated carbocycles. The van der Waals surface area contributed by atoms with Crippen LogP contribution in [-0.4, -0.2) is 22.8 Å². The second kappa shape index (κ2) is 5.71. The summed E-state index contributed by atoms with van der Waals surface area (Å²) in [5, 5.41) is 8.45. The lowest BCUT2D eigenvalue weighted by Crippen LogP contribution is -2.44. The molecule has 4 nitrogen and oxygen atoms in total. The van der Waals surface area contributed by atoms with Crippen LogP contribution in [0.3, 0.4) is 0 Å². The fourth-order valence-corrected chi connectivity index (χ4v) is 1.52. The normalized spacial score (nSPS) is 12.5. The third kappa shape index (κ3) is 3.51. The van der Waals surface area contributed by atoms with Crippen molar-refractivity contribution in [3.05, 3.63) is 35.9 Å². The largest absolute Gasteiger partial charge is 0.311 e. The zero-order chi connectivity index (χ0) is 11.3. The number of nitrogens with zero attached hydrogens (tertiary/aromatic N) is 1. The molecule has 5 heteroatoms. The van der Waals surface area contributed by atoms with Crippen molar-refractivity contribution in [3.63, 3.8) is 0 Å². The molecule has 0 aliphatic heterocycles. The maximum absolute atomic E-state index is 11.1. The van der Waals surface area contributed by atoms with Gasteiger partial charge in [0.25, 0.3) is 0 Å². The van der Waals surface area contributed by atoms with E-state index in [2.05, 4.69) is 0 Å². The van der Waals surface area contributed by atoms with Gasteiger partial charge in [0.05, 0.1) is 0 Å². The summed E-state index contributed by atoms with van der Waals surface area (Å²) >= 11 is 0. The van der Waals surface area contributed by atoms with Gasteiger partial charge in [0.15, 0.2) is 5.52 Å². The van der Waals surface area contributed by atoms with Crippen LogP contribution in [0.5, 0.6) is 0 Å². The second-order valence-corrected chi connectivity index (χ2v) is 3.74. The Morgan fingerprint density at radius 3 is 2.60 bits per heavy atom. The number of hydrogen-bond donors (Lipinski definition) is 2. The number of nitrogens with two attached hydrogens (primary N) is 1. The molecule has 1 aromatic rings. The van der Waals surface area contributed by atoms with E-state index in [9.17, 15) is 4.79 Å². The number of nitrogens with one attached hydrogen (secondary N) is 1. The number of rotatable bonds is 5. The van der Waals surface area contributed by atoms with Gasteiger partial charge in [-0.05, 0) is 5.56 Å². The Kier molecular flexibility index (Phi) is 4.56. The van der Waals surface area contributed by atoms with Crippen molar-refractivity contribution < 1.29 is 4.79 Å². The SMILES string of the molecule is N=CC(C(=O)P)N(N)Cc1ccccc1. The molecule has 0 aliphatic rings. The highest BCUT2D eigenvalue weighted by Gasteiger charge is 2.17. The molecule has 3 N–H and O–H groups in total. The lowest BCUT2D eigenvalue weighted by molar-refractivity contribution is -0.113. The summed E-state index contributed by atoms with van der Waals surface area (Å²) in [5.41, 5.74) is 0.807. The summed E-state index contributed by atoms with van der Waals surface area (Å²) in [4.78, 5) is 11.1. The first kappa shape index (κ1) is 12.0. The van der Waals surface area contributed by atoms with Gasteiger partial charge in [-0.25, -0.2) is 5.01 Å². The Hall–Kier alpha value is -1.09. The minimum atomic E-state index is -0.671. The van der Waals surface area contributed by atoms with Crippen molar-refractivity contribution in [2.75, 3.05) is 0 Å². The molecule has 2 unspecified atom stereocenters. The van der Waals surface area contributed by atoms with E-state index < -0.39 is 6.04 Å². The van der Waals surface area contributed by atoms with Gasteiger partial charge < -0.3 is 5.41 Å². The average Bonchev–Trinajstić information content (AvgIpc) is 2.19. The number of benzene rings is 1. The summed E-state index contributed by atoms with van der Waals surface area (Å²) in [6.45, 7) is 0.445. The van der Waals surface area contributed by atoms with Gasteiger partial charge in [-0.2, -0.15) is 0 Å². The first-order valence-electron chi connectivity index (χ1n) is 4.50. The summed E-state index contributed by atoms with van der Waals surface area (Å²) in [7, 11) is 2.04. The molecule has 0 heterocycles. The fourth-order valence-electron chi connectivity index (χ4n) is 1.23. The van der Waals surface area contributed by atoms with Crippen LogP contribution in [0.25, 0.3) is 0 Å². The van der Waals surface area contributed by atoms with Crippen LogP contribution in [0.2, 0.25) is 0 Å². The van der Waals surface area contributed by atoms with Crippen molar-refractivity contribution in [1.29, 1.82) is 5.41 Å². The number of hydrazine groups is 1. The zero-order valence-electron chi connectivity index (χ0n) is 8.26. The fraction of sp³-hybridized carbons (Fsp3) is 0.200. The monoisotopic (exact) mass is 223 g/mol. The molecule has 0 saturated heterocycles. The molecular formula is C10H14N3OP. The summed E-state index contributed by atoms with van der Waals surface area (Å²) in [6.07, 6.45) is 1.04. The second-order valence-electron chi connectivity index (χ2n) is 3.17. The van der Waals surface area contributed by atoms with Crippen molar-refractivity contribution in [2.45, 2.75) is 12.6 Å². The molecular weight excluding hydrogens is 209 g/mol. The molecule has 0 bridgehead atoms. The zero-order valence-corrected chi connectivity index (χ0v) is 9.41. The minimum absolute atomic E-state index is 0.205. The topological polar surface area (TPSA) is 70.2 Å². The first-order chi connectivity index (χ1) is 7.15. The Morgan fingerprint density at radius 2 is 2.13 bits per heavy atom. The third-order valence-corrected chi connectivity index (χ3v) is 2.36. The van der Waals surface area contributed by atoms with Crippen LogP contribution in [-0.2, 0) is 11.3 Å². The van der Waals surface area contributed by atoms with E-state index in [1.807, 2.05) is 39.6 Å². The van der Waals surface area contributed by atoms with Gasteiger partial charge in [-0.15, -0.1) is 0 Å². The van der Waals surface area contributed by atoms with Gasteiger partial charge in [0, 0.05) is 12.8 Å². The van der Waals surface area contributed by atoms with E-state index in [0.717, 1.165) is 11.8 Å². The number of carbonyl (C=O) groups excluding carboxylic acids is 1. The molecule has 1 aromatic carbocycles. The van der Waals surface area contributed by atoms with E-state index in [1.54, 1.807) is 0 Å². The first-order valence-corrected chi connectivity index (χ1v) is 5.08. The minimum Gasteiger partial charge on any atom is -0.311 e. The van der Waals surface area contributed by atoms with Crippen LogP contribution >= 0.6 is 9.24 Å². The van der Waals surface area contributed by atoms with Gasteiger partial charge >= 0.3 is 0 Å². The van der Waals surface area contributed by atoms with Crippen molar-refractivity contribution >= 4 is 21.0 Å². The predicted molar refractivity (Wildman–Crippen MR) is 63.5 cm³/mol. The molecule has 80 valence electrons. The molecule has 0 aliphatic carbocycles. The van der Waals surface area contributed by atoms with Crippen molar-refractivity contribution in [1.82, 2.24) is 5.01 Å². The highest BCUT2D eigenvalue weighted by molar-refractivity contribution is 7.40. The van der Waals surface area contributed by atoms with E-state index >= 15 is 0 Å². The Morgan fingerprint density at radius 1 is 1.53 bits per heavy atom. The standard InChI is InChI=1S/C10H14N3OP/c11-6-9(10(14)15)13(12)7-8-4-2-1-3-5-8/h1-6,9,11H,7,12,15H2. The number of carbonyl (C=O) groups is 1. The smallest absolute Gasteiger partial charge is 0.172 e. The quantitative estimate of drug-likeness (QED) is 0.335. The molecule has 15 heavy (non-hydrogen) atoms. The van der Waals surface area contributed by atoms with Gasteiger partial charge in [-0.3, -0.25) is 10.6 Å². The van der Waals surface area contributed by atoms with Crippen LogP contribution in [0.15, 0.2) is 30.3 Å². The molecule has 2 atom stereocenters. The highest BCUT2D eigenvalue weighted by atomic mass is 31.0. The van der Waals surface area contributed by atoms with E-state index in [1.165, 1.54) is 5.01 Å². The van der Waals surface area contributed by atoms with Crippen molar-refractivity contribution in [2.24, 2.45) is 5.84 Å². The van der Waals surface area contributed by atoms with Crippen LogP contribution < -0.4 is 5.84 Å². The molecule has 0 aromatic heterocycles. The molecule has 0 radical (unpaired) electrons. The predicted octanol–water partition coefficient (Wildman–Crippen LogP) is 0.782. The average molecular weight is 223 g/mol. The lowest BCUT2D eigenvalue weighted by Gasteiger charge is -2.21. The Bertz CT molecular complexity index is 342. The lowest BCUT2D eigenvalue weighted by atomic mass is 10.2. The van der Waals surface area contributed by atoms with E-state index in [-0.39, 0.29) is 5.52 Å². The van der Waals surface area contributed by atoms with Gasteiger partial charge in [0.2, 0.25) is 0 Å². The maximum atomic E-state index is 11.1. The molecule has 0 fully saturated rings. The Labute approximate surface area is 91.1 Å². The summed E-state index contributed by atoms with van der Waals surface area (Å²) in [6, 6.07) is 8.91. The van der Waals surface area contributed by atoms with E-state index in [0.29, 0.717) is 6.54 Å². The third-order valence-electron chi connectivity index (χ3n) is 2.01. The van der Waals surface area contributed by atoms with Gasteiger partial charge in [0.1, 0.15) is 6.04 Å². The molecule has 0 spiro atoms. The summed E-state index contributed by atoms with van der Waals surface area (Å²) < 4.78 is 0. The molecule has 1 rings (SSSR count). The van der Waals surface area contributed by atoms with Crippen LogP contribution in [0.4, 0.5) is 0 Å². The van der Waals surface area contributed by atoms with E-state index in [4.69, 9.17) is 11.3 Å². The summed E-state index contributed by atoms with van der Waals surface area (Å²) in [5.74, 6) is 5.71.